The number of carboxylic acids is 1. The van der Waals surface area contributed by atoms with Crippen LogP contribution in [0.3, 0.4) is 0 Å². The van der Waals surface area contributed by atoms with E-state index in [0.29, 0.717) is 12.2 Å². The van der Waals surface area contributed by atoms with Gasteiger partial charge in [0.05, 0.1) is 11.9 Å². The summed E-state index contributed by atoms with van der Waals surface area (Å²) >= 11 is 0. The normalized spacial score (nSPS) is 9.81. The number of hydrogen-bond acceptors (Lipinski definition) is 3. The lowest BCUT2D eigenvalue weighted by atomic mass is 10.3. The molecule has 6 heteroatoms. The van der Waals surface area contributed by atoms with Gasteiger partial charge in [-0.15, -0.1) is 6.58 Å². The number of aromatic carboxylic acids is 1. The summed E-state index contributed by atoms with van der Waals surface area (Å²) in [6.07, 6.45) is 2.80. The zero-order valence-electron chi connectivity index (χ0n) is 8.93. The summed E-state index contributed by atoms with van der Waals surface area (Å²) < 4.78 is 1.35. The van der Waals surface area contributed by atoms with E-state index in [9.17, 15) is 9.59 Å². The van der Waals surface area contributed by atoms with Gasteiger partial charge in [-0.1, -0.05) is 6.08 Å². The van der Waals surface area contributed by atoms with Gasteiger partial charge in [0, 0.05) is 6.54 Å². The highest BCUT2D eigenvalue weighted by atomic mass is 16.4. The number of rotatable bonds is 5. The molecule has 0 atom stereocenters. The zero-order valence-corrected chi connectivity index (χ0v) is 8.93. The summed E-state index contributed by atoms with van der Waals surface area (Å²) in [6.45, 7) is 5.46. The molecule has 0 saturated carbocycles. The van der Waals surface area contributed by atoms with E-state index < -0.39 is 5.97 Å². The third kappa shape index (κ3) is 2.69. The summed E-state index contributed by atoms with van der Waals surface area (Å²) in [5.74, 6) is -1.28. The smallest absolute Gasteiger partial charge is 0.339 e. The first kappa shape index (κ1) is 12.0. The fourth-order valence-corrected chi connectivity index (χ4v) is 1.19. The Morgan fingerprint density at radius 1 is 1.69 bits per heavy atom. The van der Waals surface area contributed by atoms with Gasteiger partial charge in [-0.25, -0.2) is 4.79 Å². The van der Waals surface area contributed by atoms with Crippen LogP contribution in [0.5, 0.6) is 0 Å². The van der Waals surface area contributed by atoms with Gasteiger partial charge in [-0.05, 0) is 6.92 Å². The van der Waals surface area contributed by atoms with Gasteiger partial charge in [-0.2, -0.15) is 5.10 Å². The molecule has 86 valence electrons. The summed E-state index contributed by atoms with van der Waals surface area (Å²) in [5, 5.41) is 15.2. The van der Waals surface area contributed by atoms with E-state index >= 15 is 0 Å². The van der Waals surface area contributed by atoms with Crippen molar-refractivity contribution in [2.75, 3.05) is 6.54 Å². The monoisotopic (exact) mass is 223 g/mol. The van der Waals surface area contributed by atoms with Gasteiger partial charge < -0.3 is 10.4 Å². The van der Waals surface area contributed by atoms with Crippen LogP contribution < -0.4 is 5.32 Å². The van der Waals surface area contributed by atoms with Crippen molar-refractivity contribution in [2.45, 2.75) is 13.5 Å². The third-order valence-corrected chi connectivity index (χ3v) is 2.07. The second kappa shape index (κ2) is 5.11. The lowest BCUT2D eigenvalue weighted by Crippen LogP contribution is -2.28. The minimum absolute atomic E-state index is 0.00690. The Morgan fingerprint density at radius 2 is 2.38 bits per heavy atom. The molecule has 2 N–H and O–H groups in total. The number of nitrogens with zero attached hydrogens (tertiary/aromatic N) is 2. The van der Waals surface area contributed by atoms with Crippen molar-refractivity contribution in [1.29, 1.82) is 0 Å². The SMILES string of the molecule is C=CCNC(=O)Cn1ncc(C(=O)O)c1C. The quantitative estimate of drug-likeness (QED) is 0.698. The Bertz CT molecular complexity index is 423. The van der Waals surface area contributed by atoms with E-state index in [2.05, 4.69) is 17.0 Å². The number of hydrogen-bond donors (Lipinski definition) is 2. The molecular formula is C10H13N3O3. The standard InChI is InChI=1S/C10H13N3O3/c1-3-4-11-9(14)6-13-7(2)8(5-12-13)10(15)16/h3,5H,1,4,6H2,2H3,(H,11,14)(H,15,16). The molecule has 1 heterocycles. The molecule has 0 unspecified atom stereocenters. The largest absolute Gasteiger partial charge is 0.478 e. The summed E-state index contributed by atoms with van der Waals surface area (Å²) in [4.78, 5) is 22.1. The predicted molar refractivity (Wildman–Crippen MR) is 57.1 cm³/mol. The molecule has 0 aliphatic rings. The molecule has 16 heavy (non-hydrogen) atoms. The maximum absolute atomic E-state index is 11.3. The van der Waals surface area contributed by atoms with Crippen LogP contribution >= 0.6 is 0 Å². The lowest BCUT2D eigenvalue weighted by molar-refractivity contribution is -0.121. The van der Waals surface area contributed by atoms with Crippen LogP contribution in [0.1, 0.15) is 16.1 Å². The van der Waals surface area contributed by atoms with Crippen LogP contribution in [0.2, 0.25) is 0 Å². The van der Waals surface area contributed by atoms with E-state index in [4.69, 9.17) is 5.11 Å². The molecule has 1 aromatic rings. The predicted octanol–water partition coefficient (Wildman–Crippen LogP) is 0.192. The van der Waals surface area contributed by atoms with Gasteiger partial charge >= 0.3 is 5.97 Å². The third-order valence-electron chi connectivity index (χ3n) is 2.07. The molecule has 0 radical (unpaired) electrons. The molecule has 0 aromatic carbocycles. The van der Waals surface area contributed by atoms with E-state index in [0.717, 1.165) is 0 Å². The highest BCUT2D eigenvalue weighted by Crippen LogP contribution is 2.06. The second-order valence-corrected chi connectivity index (χ2v) is 3.20. The van der Waals surface area contributed by atoms with Crippen LogP contribution in [-0.4, -0.2) is 33.3 Å². The molecule has 0 bridgehead atoms. The Kier molecular flexibility index (Phi) is 3.82. The van der Waals surface area contributed by atoms with E-state index in [-0.39, 0.29) is 18.0 Å². The molecule has 0 aliphatic carbocycles. The molecule has 0 fully saturated rings. The number of carbonyl (C=O) groups excluding carboxylic acids is 1. The van der Waals surface area contributed by atoms with Crippen molar-refractivity contribution in [1.82, 2.24) is 15.1 Å². The maximum atomic E-state index is 11.3. The van der Waals surface area contributed by atoms with Crippen LogP contribution in [0.15, 0.2) is 18.9 Å². The van der Waals surface area contributed by atoms with Crippen molar-refractivity contribution in [3.05, 3.63) is 30.1 Å². The molecule has 0 aliphatic heterocycles. The number of carboxylic acid groups (broad SMARTS) is 1. The second-order valence-electron chi connectivity index (χ2n) is 3.20. The van der Waals surface area contributed by atoms with E-state index in [1.165, 1.54) is 10.9 Å². The lowest BCUT2D eigenvalue weighted by Gasteiger charge is -2.04. The van der Waals surface area contributed by atoms with E-state index in [1.807, 2.05) is 0 Å². The maximum Gasteiger partial charge on any atom is 0.339 e. The zero-order chi connectivity index (χ0) is 12.1. The molecule has 0 saturated heterocycles. The first-order valence-electron chi connectivity index (χ1n) is 4.69. The van der Waals surface area contributed by atoms with Crippen molar-refractivity contribution < 1.29 is 14.7 Å². The fraction of sp³-hybridized carbons (Fsp3) is 0.300. The van der Waals surface area contributed by atoms with Crippen LogP contribution in [-0.2, 0) is 11.3 Å². The molecule has 0 spiro atoms. The van der Waals surface area contributed by atoms with Gasteiger partial charge in [-0.3, -0.25) is 9.48 Å². The highest BCUT2D eigenvalue weighted by molar-refractivity contribution is 5.88. The Hall–Kier alpha value is -2.11. The van der Waals surface area contributed by atoms with E-state index in [1.54, 1.807) is 13.0 Å². The summed E-state index contributed by atoms with van der Waals surface area (Å²) in [7, 11) is 0. The van der Waals surface area contributed by atoms with Crippen molar-refractivity contribution >= 4 is 11.9 Å². The van der Waals surface area contributed by atoms with Crippen molar-refractivity contribution in [3.63, 3.8) is 0 Å². The number of carbonyl (C=O) groups is 2. The highest BCUT2D eigenvalue weighted by Gasteiger charge is 2.14. The Labute approximate surface area is 92.6 Å². The summed E-state index contributed by atoms with van der Waals surface area (Å²) in [6, 6.07) is 0. The first-order valence-corrected chi connectivity index (χ1v) is 4.69. The van der Waals surface area contributed by atoms with Gasteiger partial charge in [0.15, 0.2) is 0 Å². The van der Waals surface area contributed by atoms with Gasteiger partial charge in [0.2, 0.25) is 5.91 Å². The van der Waals surface area contributed by atoms with Crippen LogP contribution in [0.4, 0.5) is 0 Å². The average Bonchev–Trinajstić information content (AvgIpc) is 2.57. The summed E-state index contributed by atoms with van der Waals surface area (Å²) in [5.41, 5.74) is 0.567. The molecular weight excluding hydrogens is 210 g/mol. The number of aromatic nitrogens is 2. The molecule has 1 amide bonds. The Balaban J connectivity index is 2.71. The molecule has 6 nitrogen and oxygen atoms in total. The van der Waals surface area contributed by atoms with Gasteiger partial charge in [0.1, 0.15) is 12.1 Å². The average molecular weight is 223 g/mol. The van der Waals surface area contributed by atoms with Crippen LogP contribution in [0, 0.1) is 6.92 Å². The minimum Gasteiger partial charge on any atom is -0.478 e. The minimum atomic E-state index is -1.05. The number of nitrogens with one attached hydrogen (secondary N) is 1. The topological polar surface area (TPSA) is 84.2 Å². The van der Waals surface area contributed by atoms with Crippen molar-refractivity contribution in [3.8, 4) is 0 Å². The first-order chi connectivity index (χ1) is 7.56. The van der Waals surface area contributed by atoms with Crippen molar-refractivity contribution in [2.24, 2.45) is 0 Å². The van der Waals surface area contributed by atoms with Crippen LogP contribution in [0.25, 0.3) is 0 Å². The molecule has 1 rings (SSSR count). The Morgan fingerprint density at radius 3 is 2.88 bits per heavy atom. The molecule has 1 aromatic heterocycles. The fourth-order valence-electron chi connectivity index (χ4n) is 1.19. The van der Waals surface area contributed by atoms with Gasteiger partial charge in [0.25, 0.3) is 0 Å². The number of amides is 1.